The first-order chi connectivity index (χ1) is 5.70. The number of allylic oxidation sites excluding steroid dienone is 1. The van der Waals surface area contributed by atoms with Crippen LogP contribution in [0.3, 0.4) is 0 Å². The number of hydrogen-bond donors (Lipinski definition) is 1. The van der Waals surface area contributed by atoms with Crippen molar-refractivity contribution in [2.45, 2.75) is 20.1 Å². The summed E-state index contributed by atoms with van der Waals surface area (Å²) in [4.78, 5) is 2.01. The van der Waals surface area contributed by atoms with E-state index in [0.29, 0.717) is 0 Å². The van der Waals surface area contributed by atoms with Gasteiger partial charge in [-0.15, -0.1) is 0 Å². The van der Waals surface area contributed by atoms with Crippen molar-refractivity contribution in [3.63, 3.8) is 0 Å². The standard InChI is InChI=1S/C9H17NO2/c1-8(2)7-9(11)10-3-5-12-6-4-10/h7,9,11H,3-6H2,1-2H3. The van der Waals surface area contributed by atoms with Crippen molar-refractivity contribution in [2.24, 2.45) is 0 Å². The Labute approximate surface area is 73.6 Å². The number of aliphatic hydroxyl groups excluding tert-OH is 1. The van der Waals surface area contributed by atoms with Crippen molar-refractivity contribution in [3.05, 3.63) is 11.6 Å². The fourth-order valence-electron chi connectivity index (χ4n) is 1.25. The second kappa shape index (κ2) is 4.60. The van der Waals surface area contributed by atoms with Crippen molar-refractivity contribution in [1.82, 2.24) is 4.90 Å². The normalized spacial score (nSPS) is 21.9. The number of morpholine rings is 1. The number of hydrogen-bond acceptors (Lipinski definition) is 3. The molecule has 0 aromatic rings. The van der Waals surface area contributed by atoms with Crippen LogP contribution in [0.15, 0.2) is 11.6 Å². The predicted molar refractivity (Wildman–Crippen MR) is 47.8 cm³/mol. The van der Waals surface area contributed by atoms with Gasteiger partial charge in [-0.2, -0.15) is 0 Å². The highest BCUT2D eigenvalue weighted by atomic mass is 16.5. The molecule has 1 heterocycles. The van der Waals surface area contributed by atoms with Gasteiger partial charge < -0.3 is 9.84 Å². The van der Waals surface area contributed by atoms with Crippen LogP contribution in [0.2, 0.25) is 0 Å². The van der Waals surface area contributed by atoms with Crippen LogP contribution in [0, 0.1) is 0 Å². The zero-order chi connectivity index (χ0) is 8.97. The zero-order valence-corrected chi connectivity index (χ0v) is 7.79. The quantitative estimate of drug-likeness (QED) is 0.618. The molecule has 3 heteroatoms. The summed E-state index contributed by atoms with van der Waals surface area (Å²) in [5.74, 6) is 0. The molecule has 1 aliphatic heterocycles. The molecule has 3 nitrogen and oxygen atoms in total. The van der Waals surface area contributed by atoms with E-state index < -0.39 is 6.23 Å². The third kappa shape index (κ3) is 2.93. The van der Waals surface area contributed by atoms with Gasteiger partial charge in [0.15, 0.2) is 0 Å². The van der Waals surface area contributed by atoms with Crippen LogP contribution in [0.1, 0.15) is 13.8 Å². The number of aliphatic hydroxyl groups is 1. The molecule has 1 unspecified atom stereocenters. The van der Waals surface area contributed by atoms with Gasteiger partial charge in [-0.25, -0.2) is 0 Å². The van der Waals surface area contributed by atoms with E-state index in [1.165, 1.54) is 0 Å². The molecule has 1 rings (SSSR count). The minimum absolute atomic E-state index is 0.432. The minimum Gasteiger partial charge on any atom is -0.379 e. The fraction of sp³-hybridized carbons (Fsp3) is 0.778. The number of ether oxygens (including phenoxy) is 1. The zero-order valence-electron chi connectivity index (χ0n) is 7.79. The molecule has 0 aromatic heterocycles. The van der Waals surface area contributed by atoms with Gasteiger partial charge in [0.25, 0.3) is 0 Å². The molecule has 12 heavy (non-hydrogen) atoms. The van der Waals surface area contributed by atoms with Crippen LogP contribution in [-0.4, -0.2) is 42.5 Å². The molecule has 0 radical (unpaired) electrons. The third-order valence-electron chi connectivity index (χ3n) is 1.90. The monoisotopic (exact) mass is 171 g/mol. The lowest BCUT2D eigenvalue weighted by Crippen LogP contribution is -2.42. The van der Waals surface area contributed by atoms with Crippen molar-refractivity contribution >= 4 is 0 Å². The highest BCUT2D eigenvalue weighted by Crippen LogP contribution is 2.04. The second-order valence-electron chi connectivity index (χ2n) is 3.31. The van der Waals surface area contributed by atoms with E-state index in [1.807, 2.05) is 24.8 Å². The molecule has 0 aliphatic carbocycles. The van der Waals surface area contributed by atoms with Crippen LogP contribution >= 0.6 is 0 Å². The molecule has 1 saturated heterocycles. The van der Waals surface area contributed by atoms with Gasteiger partial charge in [0.05, 0.1) is 13.2 Å². The van der Waals surface area contributed by atoms with Gasteiger partial charge in [0.2, 0.25) is 0 Å². The molecule has 1 N–H and O–H groups in total. The second-order valence-corrected chi connectivity index (χ2v) is 3.31. The van der Waals surface area contributed by atoms with Crippen molar-refractivity contribution in [2.75, 3.05) is 26.3 Å². The van der Waals surface area contributed by atoms with E-state index in [4.69, 9.17) is 4.74 Å². The van der Waals surface area contributed by atoms with Gasteiger partial charge in [-0.1, -0.05) is 5.57 Å². The largest absolute Gasteiger partial charge is 0.379 e. The van der Waals surface area contributed by atoms with Crippen LogP contribution in [0.5, 0.6) is 0 Å². The van der Waals surface area contributed by atoms with Gasteiger partial charge in [-0.3, -0.25) is 4.90 Å². The van der Waals surface area contributed by atoms with Crippen LogP contribution in [0.25, 0.3) is 0 Å². The molecule has 1 aliphatic rings. The summed E-state index contributed by atoms with van der Waals surface area (Å²) in [6, 6.07) is 0. The van der Waals surface area contributed by atoms with Gasteiger partial charge in [-0.05, 0) is 19.9 Å². The van der Waals surface area contributed by atoms with E-state index in [0.717, 1.165) is 31.9 Å². The molecule has 70 valence electrons. The Kier molecular flexibility index (Phi) is 3.72. The highest BCUT2D eigenvalue weighted by molar-refractivity contribution is 4.97. The SMILES string of the molecule is CC(C)=CC(O)N1CCOCC1. The van der Waals surface area contributed by atoms with E-state index >= 15 is 0 Å². The Morgan fingerprint density at radius 3 is 2.50 bits per heavy atom. The summed E-state index contributed by atoms with van der Waals surface area (Å²) in [6.45, 7) is 7.09. The van der Waals surface area contributed by atoms with E-state index in [-0.39, 0.29) is 0 Å². The van der Waals surface area contributed by atoms with Crippen molar-refractivity contribution in [3.8, 4) is 0 Å². The van der Waals surface area contributed by atoms with E-state index in [1.54, 1.807) is 0 Å². The first-order valence-electron chi connectivity index (χ1n) is 4.35. The molecule has 1 atom stereocenters. The maximum Gasteiger partial charge on any atom is 0.126 e. The third-order valence-corrected chi connectivity index (χ3v) is 1.90. The van der Waals surface area contributed by atoms with Crippen molar-refractivity contribution < 1.29 is 9.84 Å². The molecule has 0 saturated carbocycles. The average Bonchev–Trinajstić information content (AvgIpc) is 2.05. The molecular formula is C9H17NO2. The highest BCUT2D eigenvalue weighted by Gasteiger charge is 2.15. The van der Waals surface area contributed by atoms with Crippen LogP contribution in [0.4, 0.5) is 0 Å². The summed E-state index contributed by atoms with van der Waals surface area (Å²) in [6.07, 6.45) is 1.43. The maximum atomic E-state index is 9.64. The van der Waals surface area contributed by atoms with E-state index in [9.17, 15) is 5.11 Å². The van der Waals surface area contributed by atoms with Gasteiger partial charge in [0.1, 0.15) is 6.23 Å². The lowest BCUT2D eigenvalue weighted by molar-refractivity contribution is -0.0361. The summed E-state index contributed by atoms with van der Waals surface area (Å²) < 4.78 is 5.18. The summed E-state index contributed by atoms with van der Waals surface area (Å²) in [7, 11) is 0. The average molecular weight is 171 g/mol. The summed E-state index contributed by atoms with van der Waals surface area (Å²) >= 11 is 0. The molecule has 0 amide bonds. The molecule has 1 fully saturated rings. The molecule has 0 bridgehead atoms. The lowest BCUT2D eigenvalue weighted by Gasteiger charge is -2.29. The summed E-state index contributed by atoms with van der Waals surface area (Å²) in [5.41, 5.74) is 1.15. The van der Waals surface area contributed by atoms with E-state index in [2.05, 4.69) is 0 Å². The lowest BCUT2D eigenvalue weighted by atomic mass is 10.3. The molecule has 0 aromatic carbocycles. The minimum atomic E-state index is -0.432. The summed E-state index contributed by atoms with van der Waals surface area (Å²) in [5, 5.41) is 9.64. The molecule has 0 spiro atoms. The maximum absolute atomic E-state index is 9.64. The predicted octanol–water partition coefficient (Wildman–Crippen LogP) is 0.603. The van der Waals surface area contributed by atoms with Crippen LogP contribution < -0.4 is 0 Å². The first-order valence-corrected chi connectivity index (χ1v) is 4.35. The van der Waals surface area contributed by atoms with Gasteiger partial charge in [0, 0.05) is 13.1 Å². The van der Waals surface area contributed by atoms with Gasteiger partial charge >= 0.3 is 0 Å². The first kappa shape index (κ1) is 9.71. The number of rotatable bonds is 2. The van der Waals surface area contributed by atoms with Crippen LogP contribution in [-0.2, 0) is 4.74 Å². The number of nitrogens with zero attached hydrogens (tertiary/aromatic N) is 1. The Morgan fingerprint density at radius 1 is 1.42 bits per heavy atom. The topological polar surface area (TPSA) is 32.7 Å². The fourth-order valence-corrected chi connectivity index (χ4v) is 1.25. The Hall–Kier alpha value is -0.380. The Balaban J connectivity index is 2.39. The smallest absolute Gasteiger partial charge is 0.126 e. The Bertz CT molecular complexity index is 158. The molecular weight excluding hydrogens is 154 g/mol. The Morgan fingerprint density at radius 2 is 2.00 bits per heavy atom. The van der Waals surface area contributed by atoms with Crippen molar-refractivity contribution in [1.29, 1.82) is 0 Å².